The molecule has 0 aromatic heterocycles. The summed E-state index contributed by atoms with van der Waals surface area (Å²) in [6, 6.07) is 7.50. The number of rotatable bonds is 5. The second-order valence-corrected chi connectivity index (χ2v) is 8.59. The van der Waals surface area contributed by atoms with E-state index in [1.165, 1.54) is 0 Å². The molecular weight excluding hydrogens is 398 g/mol. The third-order valence-corrected chi connectivity index (χ3v) is 5.25. The molecule has 0 radical (unpaired) electrons. The Morgan fingerprint density at radius 2 is 1.90 bits per heavy atom. The largest absolute Gasteiger partial charge is 0.445 e. The summed E-state index contributed by atoms with van der Waals surface area (Å²) < 4.78 is 41.5. The van der Waals surface area contributed by atoms with Crippen molar-refractivity contribution < 1.29 is 32.6 Å². The molecule has 0 spiro atoms. The van der Waals surface area contributed by atoms with E-state index in [2.05, 4.69) is 5.32 Å². The van der Waals surface area contributed by atoms with Gasteiger partial charge in [-0.1, -0.05) is 30.3 Å². The van der Waals surface area contributed by atoms with E-state index < -0.39 is 42.6 Å². The summed E-state index contributed by atoms with van der Waals surface area (Å²) in [7, 11) is 0. The van der Waals surface area contributed by atoms with Crippen LogP contribution in [0, 0.1) is 0 Å². The van der Waals surface area contributed by atoms with Gasteiger partial charge < -0.3 is 19.5 Å². The minimum Gasteiger partial charge on any atom is -0.445 e. The van der Waals surface area contributed by atoms with E-state index in [0.717, 1.165) is 5.56 Å². The minimum atomic E-state index is -2.98. The zero-order valence-corrected chi connectivity index (χ0v) is 17.3. The molecule has 2 aliphatic rings. The number of nitrogens with zero attached hydrogens (tertiary/aromatic N) is 1. The Labute approximate surface area is 174 Å². The van der Waals surface area contributed by atoms with Gasteiger partial charge in [-0.05, 0) is 45.6 Å². The highest BCUT2D eigenvalue weighted by molar-refractivity contribution is 5.71. The van der Waals surface area contributed by atoms with Gasteiger partial charge in [-0.25, -0.2) is 9.59 Å². The summed E-state index contributed by atoms with van der Waals surface area (Å²) in [5.74, 6) is 0. The molecule has 1 aromatic carbocycles. The molecule has 4 atom stereocenters. The molecule has 2 bridgehead atoms. The van der Waals surface area contributed by atoms with E-state index >= 15 is 0 Å². The van der Waals surface area contributed by atoms with Crippen molar-refractivity contribution in [1.82, 2.24) is 10.2 Å². The standard InChI is InChI=1S/C21H28F2N2O5/c1-21(2,3)30-20(27)25-14-9-10-15(25)17(16(11-14)29-18(22)23)24-19(26)28-12-13-7-5-4-6-8-13/h4-8,14-18H,9-12H2,1-3H3,(H,24,26)/t14-,15+,16+,17-/m0/s1. The Hall–Kier alpha value is -2.42. The quantitative estimate of drug-likeness (QED) is 0.768. The van der Waals surface area contributed by atoms with E-state index in [1.807, 2.05) is 30.3 Å². The number of nitrogens with one attached hydrogen (secondary N) is 1. The summed E-state index contributed by atoms with van der Waals surface area (Å²) in [6.07, 6.45) is -0.827. The van der Waals surface area contributed by atoms with Gasteiger partial charge in [0.25, 0.3) is 0 Å². The highest BCUT2D eigenvalue weighted by Crippen LogP contribution is 2.38. The Balaban J connectivity index is 1.70. The van der Waals surface area contributed by atoms with Crippen molar-refractivity contribution in [2.75, 3.05) is 0 Å². The lowest BCUT2D eigenvalue weighted by Crippen LogP contribution is -2.63. The first kappa shape index (κ1) is 22.3. The number of fused-ring (bicyclic) bond motifs is 2. The first-order valence-electron chi connectivity index (χ1n) is 10.1. The number of benzene rings is 1. The summed E-state index contributed by atoms with van der Waals surface area (Å²) in [5, 5.41) is 2.65. The van der Waals surface area contributed by atoms with Gasteiger partial charge in [0, 0.05) is 6.04 Å². The zero-order chi connectivity index (χ0) is 21.9. The third kappa shape index (κ3) is 5.59. The summed E-state index contributed by atoms with van der Waals surface area (Å²) in [4.78, 5) is 26.7. The second-order valence-electron chi connectivity index (χ2n) is 8.59. The smallest absolute Gasteiger partial charge is 0.410 e. The molecule has 2 saturated heterocycles. The topological polar surface area (TPSA) is 77.1 Å². The number of halogens is 2. The molecule has 2 heterocycles. The Bertz CT molecular complexity index is 741. The molecule has 9 heteroatoms. The number of alkyl halides is 2. The van der Waals surface area contributed by atoms with Crippen molar-refractivity contribution in [2.24, 2.45) is 0 Å². The van der Waals surface area contributed by atoms with E-state index in [0.29, 0.717) is 12.8 Å². The van der Waals surface area contributed by atoms with Crippen LogP contribution in [-0.4, -0.2) is 53.5 Å². The molecule has 1 N–H and O–H groups in total. The van der Waals surface area contributed by atoms with Crippen LogP contribution < -0.4 is 5.32 Å². The maximum absolute atomic E-state index is 13.0. The lowest BCUT2D eigenvalue weighted by molar-refractivity contribution is -0.185. The van der Waals surface area contributed by atoms with Gasteiger partial charge in [0.15, 0.2) is 0 Å². The van der Waals surface area contributed by atoms with Crippen molar-refractivity contribution in [2.45, 2.75) is 83.1 Å². The molecule has 2 aliphatic heterocycles. The van der Waals surface area contributed by atoms with E-state index in [-0.39, 0.29) is 19.1 Å². The predicted molar refractivity (Wildman–Crippen MR) is 104 cm³/mol. The molecule has 2 amide bonds. The number of carbonyl (C=O) groups excluding carboxylic acids is 2. The lowest BCUT2D eigenvalue weighted by Gasteiger charge is -2.44. The highest BCUT2D eigenvalue weighted by Gasteiger charge is 2.52. The fourth-order valence-corrected chi connectivity index (χ4v) is 4.12. The number of carbonyl (C=O) groups is 2. The van der Waals surface area contributed by atoms with E-state index in [4.69, 9.17) is 14.2 Å². The van der Waals surface area contributed by atoms with Gasteiger partial charge in [-0.3, -0.25) is 4.90 Å². The van der Waals surface area contributed by atoms with Crippen LogP contribution in [0.1, 0.15) is 45.6 Å². The Morgan fingerprint density at radius 1 is 1.20 bits per heavy atom. The Morgan fingerprint density at radius 3 is 2.53 bits per heavy atom. The van der Waals surface area contributed by atoms with Crippen LogP contribution in [-0.2, 0) is 20.8 Å². The fourth-order valence-electron chi connectivity index (χ4n) is 4.12. The van der Waals surface area contributed by atoms with Gasteiger partial charge in [-0.15, -0.1) is 0 Å². The molecule has 0 saturated carbocycles. The molecule has 2 fully saturated rings. The average Bonchev–Trinajstić information content (AvgIpc) is 2.99. The number of hydrogen-bond acceptors (Lipinski definition) is 5. The van der Waals surface area contributed by atoms with Crippen LogP contribution in [0.5, 0.6) is 0 Å². The Kier molecular flexibility index (Phi) is 6.80. The second kappa shape index (κ2) is 9.16. The molecule has 0 unspecified atom stereocenters. The highest BCUT2D eigenvalue weighted by atomic mass is 19.3. The predicted octanol–water partition coefficient (Wildman–Crippen LogP) is 4.06. The van der Waals surface area contributed by atoms with Crippen LogP contribution in [0.25, 0.3) is 0 Å². The summed E-state index contributed by atoms with van der Waals surface area (Å²) >= 11 is 0. The molecule has 0 aliphatic carbocycles. The maximum atomic E-state index is 13.0. The van der Waals surface area contributed by atoms with Crippen molar-refractivity contribution in [3.8, 4) is 0 Å². The monoisotopic (exact) mass is 426 g/mol. The first-order chi connectivity index (χ1) is 14.1. The lowest BCUT2D eigenvalue weighted by atomic mass is 9.94. The number of piperidine rings is 1. The van der Waals surface area contributed by atoms with Crippen molar-refractivity contribution in [1.29, 1.82) is 0 Å². The number of ether oxygens (including phenoxy) is 3. The number of hydrogen-bond donors (Lipinski definition) is 1. The van der Waals surface area contributed by atoms with E-state index in [1.54, 1.807) is 25.7 Å². The zero-order valence-electron chi connectivity index (χ0n) is 17.3. The number of amides is 2. The van der Waals surface area contributed by atoms with Crippen LogP contribution in [0.15, 0.2) is 30.3 Å². The maximum Gasteiger partial charge on any atom is 0.410 e. The third-order valence-electron chi connectivity index (χ3n) is 5.25. The summed E-state index contributed by atoms with van der Waals surface area (Å²) in [6.45, 7) is 2.35. The van der Waals surface area contributed by atoms with Gasteiger partial charge in [0.2, 0.25) is 0 Å². The SMILES string of the molecule is CC(C)(C)OC(=O)N1[C@H]2CC[C@@H]1[C@H](NC(=O)OCc1ccccc1)[C@H](OC(F)F)C2. The van der Waals surface area contributed by atoms with Crippen molar-refractivity contribution in [3.05, 3.63) is 35.9 Å². The molecule has 30 heavy (non-hydrogen) atoms. The normalized spacial score (nSPS) is 25.9. The fraction of sp³-hybridized carbons (Fsp3) is 0.619. The van der Waals surface area contributed by atoms with Gasteiger partial charge >= 0.3 is 18.8 Å². The van der Waals surface area contributed by atoms with Crippen LogP contribution in [0.2, 0.25) is 0 Å². The van der Waals surface area contributed by atoms with E-state index in [9.17, 15) is 18.4 Å². The van der Waals surface area contributed by atoms with Gasteiger partial charge in [0.05, 0.1) is 18.2 Å². The number of alkyl carbamates (subject to hydrolysis) is 1. The first-order valence-corrected chi connectivity index (χ1v) is 10.1. The van der Waals surface area contributed by atoms with Crippen LogP contribution in [0.3, 0.4) is 0 Å². The van der Waals surface area contributed by atoms with Crippen LogP contribution in [0.4, 0.5) is 18.4 Å². The average molecular weight is 426 g/mol. The molecule has 166 valence electrons. The molecule has 3 rings (SSSR count). The molecule has 1 aromatic rings. The minimum absolute atomic E-state index is 0.0445. The molecular formula is C21H28F2N2O5. The van der Waals surface area contributed by atoms with Crippen molar-refractivity contribution >= 4 is 12.2 Å². The summed E-state index contributed by atoms with van der Waals surface area (Å²) in [5.41, 5.74) is 0.109. The van der Waals surface area contributed by atoms with Crippen molar-refractivity contribution in [3.63, 3.8) is 0 Å². The van der Waals surface area contributed by atoms with Gasteiger partial charge in [0.1, 0.15) is 12.2 Å². The molecule has 7 nitrogen and oxygen atoms in total. The van der Waals surface area contributed by atoms with Gasteiger partial charge in [-0.2, -0.15) is 8.78 Å². The van der Waals surface area contributed by atoms with Crippen LogP contribution >= 0.6 is 0 Å².